The lowest BCUT2D eigenvalue weighted by molar-refractivity contribution is 0.412. The number of rotatable bonds is 1. The second-order valence-corrected chi connectivity index (χ2v) is 2.05. The molecule has 1 aromatic heterocycles. The highest BCUT2D eigenvalue weighted by molar-refractivity contribution is 6.31. The monoisotopic (exact) mass is 171 g/mol. The molecule has 0 aliphatic rings. The molecule has 0 aromatic carbocycles. The molecule has 1 rings (SSSR count). The van der Waals surface area contributed by atoms with E-state index < -0.39 is 7.04 Å². The number of halogens is 1. The van der Waals surface area contributed by atoms with Gasteiger partial charge in [-0.15, -0.1) is 0 Å². The highest BCUT2D eigenvalue weighted by Gasteiger charge is 2.06. The van der Waals surface area contributed by atoms with Gasteiger partial charge < -0.3 is 4.74 Å². The van der Waals surface area contributed by atoms with Crippen LogP contribution in [0.25, 0.3) is 0 Å². The van der Waals surface area contributed by atoms with E-state index in [9.17, 15) is 0 Å². The highest BCUT2D eigenvalue weighted by atomic mass is 35.5. The van der Waals surface area contributed by atoms with Crippen LogP contribution in [-0.2, 0) is 0 Å². The number of ether oxygens (including phenoxy) is 1. The Bertz CT molecular complexity index is 386. The molecule has 0 aliphatic carbocycles. The van der Waals surface area contributed by atoms with E-state index in [2.05, 4.69) is 9.72 Å². The first-order valence-corrected chi connectivity index (χ1v) is 3.05. The van der Waals surface area contributed by atoms with Crippen molar-refractivity contribution < 1.29 is 8.85 Å². The number of hydrogen-bond acceptors (Lipinski definition) is 3. The quantitative estimate of drug-likeness (QED) is 0.604. The van der Waals surface area contributed by atoms with Crippen LogP contribution in [0.15, 0.2) is 12.3 Å². The van der Waals surface area contributed by atoms with Crippen molar-refractivity contribution in [3.8, 4) is 11.8 Å². The van der Waals surface area contributed by atoms with Gasteiger partial charge >= 0.3 is 0 Å². The molecule has 0 amide bonds. The Morgan fingerprint density at radius 1 is 1.91 bits per heavy atom. The van der Waals surface area contributed by atoms with Gasteiger partial charge in [0, 0.05) is 6.20 Å². The van der Waals surface area contributed by atoms with Crippen molar-refractivity contribution in [1.29, 1.82) is 5.26 Å². The molecule has 11 heavy (non-hydrogen) atoms. The maximum absolute atomic E-state index is 8.64. The third-order valence-corrected chi connectivity index (χ3v) is 1.35. The summed E-state index contributed by atoms with van der Waals surface area (Å²) in [5.41, 5.74) is 0.0427. The summed E-state index contributed by atoms with van der Waals surface area (Å²) in [5.74, 6) is -0.211. The Morgan fingerprint density at radius 3 is 3.36 bits per heavy atom. The molecule has 0 bridgehead atoms. The van der Waals surface area contributed by atoms with Crippen LogP contribution in [0.1, 0.15) is 9.68 Å². The van der Waals surface area contributed by atoms with Gasteiger partial charge in [0.15, 0.2) is 10.9 Å². The van der Waals surface area contributed by atoms with Crippen molar-refractivity contribution in [2.75, 3.05) is 7.04 Å². The Morgan fingerprint density at radius 2 is 2.73 bits per heavy atom. The maximum atomic E-state index is 8.64. The highest BCUT2D eigenvalue weighted by Crippen LogP contribution is 2.24. The second kappa shape index (κ2) is 3.22. The number of hydrogen-bond donors (Lipinski definition) is 0. The fourth-order valence-corrected chi connectivity index (χ4v) is 0.805. The van der Waals surface area contributed by atoms with Gasteiger partial charge in [-0.1, -0.05) is 11.6 Å². The molecule has 0 N–H and O–H groups in total. The van der Waals surface area contributed by atoms with Crippen LogP contribution in [0.2, 0.25) is 5.15 Å². The van der Waals surface area contributed by atoms with Crippen LogP contribution in [0.4, 0.5) is 0 Å². The smallest absolute Gasteiger partial charge is 0.173 e. The summed E-state index contributed by atoms with van der Waals surface area (Å²) >= 11 is 5.58. The Hall–Kier alpha value is -1.27. The Labute approximate surface area is 73.4 Å². The fraction of sp³-hybridized carbons (Fsp3) is 0.143. The Kier molecular flexibility index (Phi) is 1.34. The molecule has 0 saturated carbocycles. The van der Waals surface area contributed by atoms with Gasteiger partial charge in [-0.2, -0.15) is 5.26 Å². The van der Waals surface area contributed by atoms with E-state index in [4.69, 9.17) is 21.0 Å². The van der Waals surface area contributed by atoms with E-state index >= 15 is 0 Å². The van der Waals surface area contributed by atoms with Crippen molar-refractivity contribution >= 4 is 11.6 Å². The number of methoxy groups -OCH3 is 1. The first-order valence-electron chi connectivity index (χ1n) is 4.17. The SMILES string of the molecule is [2H]C([2H])([2H])Oc1c(C#N)ccnc1Cl. The Balaban J connectivity index is 3.13. The van der Waals surface area contributed by atoms with Gasteiger partial charge in [0.05, 0.1) is 16.7 Å². The van der Waals surface area contributed by atoms with E-state index in [0.717, 1.165) is 0 Å². The minimum atomic E-state index is -2.64. The van der Waals surface area contributed by atoms with Crippen molar-refractivity contribution in [1.82, 2.24) is 4.98 Å². The minimum Gasteiger partial charge on any atom is -0.492 e. The summed E-state index contributed by atoms with van der Waals surface area (Å²) in [4.78, 5) is 3.61. The van der Waals surface area contributed by atoms with Gasteiger partial charge in [0.25, 0.3) is 0 Å². The predicted molar refractivity (Wildman–Crippen MR) is 40.5 cm³/mol. The lowest BCUT2D eigenvalue weighted by Crippen LogP contribution is -1.90. The van der Waals surface area contributed by atoms with E-state index in [1.54, 1.807) is 6.07 Å². The molecule has 1 heterocycles. The first-order chi connectivity index (χ1) is 6.44. The molecular weight excluding hydrogens is 164 g/mol. The van der Waals surface area contributed by atoms with Gasteiger partial charge in [0.2, 0.25) is 0 Å². The summed E-state index contributed by atoms with van der Waals surface area (Å²) < 4.78 is 25.1. The third kappa shape index (κ3) is 1.41. The van der Waals surface area contributed by atoms with E-state index in [1.165, 1.54) is 12.3 Å². The lowest BCUT2D eigenvalue weighted by Gasteiger charge is -2.01. The first kappa shape index (κ1) is 4.58. The minimum absolute atomic E-state index is 0.0427. The topological polar surface area (TPSA) is 45.9 Å². The molecule has 0 spiro atoms. The van der Waals surface area contributed by atoms with E-state index in [-0.39, 0.29) is 16.5 Å². The van der Waals surface area contributed by atoms with Gasteiger partial charge in [0.1, 0.15) is 6.07 Å². The van der Waals surface area contributed by atoms with Crippen LogP contribution in [0.5, 0.6) is 5.75 Å². The molecule has 56 valence electrons. The summed E-state index contributed by atoms with van der Waals surface area (Å²) in [5, 5.41) is 8.50. The summed E-state index contributed by atoms with van der Waals surface area (Å²) in [6, 6.07) is 3.09. The van der Waals surface area contributed by atoms with E-state index in [0.29, 0.717) is 0 Å². The number of pyridine rings is 1. The standard InChI is InChI=1S/C7H5ClN2O/c1-11-6-5(4-9)2-3-10-7(6)8/h2-3H,1H3/i1D3. The summed E-state index contributed by atoms with van der Waals surface area (Å²) in [7, 11) is -2.64. The number of nitrogens with zero attached hydrogens (tertiary/aromatic N) is 2. The molecule has 0 radical (unpaired) electrons. The molecule has 3 nitrogen and oxygen atoms in total. The number of aromatic nitrogens is 1. The van der Waals surface area contributed by atoms with Crippen molar-refractivity contribution in [3.05, 3.63) is 23.0 Å². The predicted octanol–water partition coefficient (Wildman–Crippen LogP) is 1.62. The van der Waals surface area contributed by atoms with Crippen LogP contribution < -0.4 is 4.74 Å². The molecular formula is C7H5ClN2O. The molecule has 0 fully saturated rings. The second-order valence-electron chi connectivity index (χ2n) is 1.69. The van der Waals surface area contributed by atoms with Gasteiger partial charge in [-0.05, 0) is 6.07 Å². The maximum Gasteiger partial charge on any atom is 0.173 e. The van der Waals surface area contributed by atoms with E-state index in [1.807, 2.05) is 0 Å². The van der Waals surface area contributed by atoms with Crippen LogP contribution in [0, 0.1) is 11.3 Å². The van der Waals surface area contributed by atoms with Crippen molar-refractivity contribution in [3.63, 3.8) is 0 Å². The molecule has 0 aliphatic heterocycles. The zero-order chi connectivity index (χ0) is 10.8. The normalized spacial score (nSPS) is 14.0. The fourth-order valence-electron chi connectivity index (χ4n) is 0.608. The average molecular weight is 172 g/mol. The van der Waals surface area contributed by atoms with Crippen LogP contribution in [0.3, 0.4) is 0 Å². The molecule has 0 saturated heterocycles. The third-order valence-electron chi connectivity index (χ3n) is 1.08. The van der Waals surface area contributed by atoms with Gasteiger partial charge in [-0.25, -0.2) is 4.98 Å². The molecule has 0 unspecified atom stereocenters. The number of nitriles is 1. The summed E-state index contributed by atoms with van der Waals surface area (Å²) in [6.45, 7) is 0. The van der Waals surface area contributed by atoms with Crippen LogP contribution in [-0.4, -0.2) is 12.0 Å². The zero-order valence-corrected chi connectivity index (χ0v) is 6.09. The lowest BCUT2D eigenvalue weighted by atomic mass is 10.3. The molecule has 0 atom stereocenters. The largest absolute Gasteiger partial charge is 0.492 e. The average Bonchev–Trinajstić information content (AvgIpc) is 2.06. The summed E-state index contributed by atoms with van der Waals surface area (Å²) in [6.07, 6.45) is 1.30. The van der Waals surface area contributed by atoms with Crippen LogP contribution >= 0.6 is 11.6 Å². The molecule has 4 heteroatoms. The van der Waals surface area contributed by atoms with Crippen molar-refractivity contribution in [2.24, 2.45) is 0 Å². The zero-order valence-electron chi connectivity index (χ0n) is 8.34. The van der Waals surface area contributed by atoms with Gasteiger partial charge in [-0.3, -0.25) is 0 Å². The molecule has 1 aromatic rings. The van der Waals surface area contributed by atoms with Crippen molar-refractivity contribution in [2.45, 2.75) is 0 Å².